The molecular formula is C17H11ClN2O3S. The van der Waals surface area contributed by atoms with Crippen molar-refractivity contribution in [2.24, 2.45) is 0 Å². The second kappa shape index (κ2) is 6.14. The van der Waals surface area contributed by atoms with Crippen LogP contribution in [0.4, 0.5) is 5.13 Å². The summed E-state index contributed by atoms with van der Waals surface area (Å²) < 4.78 is 10.7. The van der Waals surface area contributed by atoms with E-state index in [2.05, 4.69) is 10.3 Å². The molecule has 0 fully saturated rings. The highest BCUT2D eigenvalue weighted by Gasteiger charge is 2.16. The quantitative estimate of drug-likeness (QED) is 0.751. The van der Waals surface area contributed by atoms with E-state index >= 15 is 0 Å². The molecule has 1 aromatic heterocycles. The minimum Gasteiger partial charge on any atom is -0.454 e. The van der Waals surface area contributed by atoms with Gasteiger partial charge in [-0.2, -0.15) is 0 Å². The van der Waals surface area contributed by atoms with Crippen molar-refractivity contribution >= 4 is 34.0 Å². The van der Waals surface area contributed by atoms with Gasteiger partial charge in [-0.1, -0.05) is 17.7 Å². The Morgan fingerprint density at radius 3 is 2.92 bits per heavy atom. The van der Waals surface area contributed by atoms with Crippen LogP contribution in [0, 0.1) is 0 Å². The van der Waals surface area contributed by atoms with Gasteiger partial charge < -0.3 is 9.47 Å². The first-order chi connectivity index (χ1) is 11.7. The lowest BCUT2D eigenvalue weighted by Gasteiger charge is -2.02. The molecule has 0 saturated carbocycles. The van der Waals surface area contributed by atoms with E-state index in [-0.39, 0.29) is 12.7 Å². The molecule has 0 spiro atoms. The molecule has 1 aliphatic heterocycles. The molecule has 0 saturated heterocycles. The molecule has 0 atom stereocenters. The number of thiazole rings is 1. The second-order valence-electron chi connectivity index (χ2n) is 5.07. The standard InChI is InChI=1S/C17H11ClN2O3S/c18-12-3-1-2-11(6-12)16(21)20-17-19-13(8-24-17)10-4-5-14-15(7-10)23-9-22-14/h1-8H,9H2,(H,19,20,21). The van der Waals surface area contributed by atoms with Crippen LogP contribution in [0.1, 0.15) is 10.4 Å². The van der Waals surface area contributed by atoms with Gasteiger partial charge in [-0.3, -0.25) is 10.1 Å². The fraction of sp³-hybridized carbons (Fsp3) is 0.0588. The molecule has 0 bridgehead atoms. The van der Waals surface area contributed by atoms with Gasteiger partial charge in [-0.05, 0) is 36.4 Å². The van der Waals surface area contributed by atoms with Crippen LogP contribution in [0.3, 0.4) is 0 Å². The first kappa shape index (κ1) is 15.0. The van der Waals surface area contributed by atoms with Crippen molar-refractivity contribution in [3.63, 3.8) is 0 Å². The molecule has 1 N–H and O–H groups in total. The third kappa shape index (κ3) is 2.93. The number of fused-ring (bicyclic) bond motifs is 1. The lowest BCUT2D eigenvalue weighted by atomic mass is 10.1. The van der Waals surface area contributed by atoms with E-state index in [4.69, 9.17) is 21.1 Å². The Kier molecular flexibility index (Phi) is 3.84. The highest BCUT2D eigenvalue weighted by atomic mass is 35.5. The summed E-state index contributed by atoms with van der Waals surface area (Å²) in [6.45, 7) is 0.233. The first-order valence-electron chi connectivity index (χ1n) is 7.11. The average molecular weight is 359 g/mol. The molecule has 0 radical (unpaired) electrons. The van der Waals surface area contributed by atoms with Crippen molar-refractivity contribution in [3.05, 3.63) is 58.4 Å². The number of carbonyl (C=O) groups is 1. The fourth-order valence-corrected chi connectivity index (χ4v) is 3.22. The predicted octanol–water partition coefficient (Wildman–Crippen LogP) is 4.44. The van der Waals surface area contributed by atoms with Gasteiger partial charge in [0.2, 0.25) is 6.79 Å². The summed E-state index contributed by atoms with van der Waals surface area (Å²) in [5.41, 5.74) is 2.15. The number of nitrogens with one attached hydrogen (secondary N) is 1. The molecule has 0 unspecified atom stereocenters. The maximum Gasteiger partial charge on any atom is 0.257 e. The number of halogens is 1. The first-order valence-corrected chi connectivity index (χ1v) is 8.37. The van der Waals surface area contributed by atoms with Crippen molar-refractivity contribution in [1.82, 2.24) is 4.98 Å². The zero-order chi connectivity index (χ0) is 16.5. The molecule has 3 aromatic rings. The average Bonchev–Trinajstić information content (AvgIpc) is 3.23. The largest absolute Gasteiger partial charge is 0.454 e. The number of anilines is 1. The number of aromatic nitrogens is 1. The monoisotopic (exact) mass is 358 g/mol. The molecule has 120 valence electrons. The van der Waals surface area contributed by atoms with Gasteiger partial charge in [0.25, 0.3) is 5.91 Å². The summed E-state index contributed by atoms with van der Waals surface area (Å²) in [5.74, 6) is 1.18. The van der Waals surface area contributed by atoms with Gasteiger partial charge in [0.15, 0.2) is 16.6 Å². The zero-order valence-electron chi connectivity index (χ0n) is 12.3. The predicted molar refractivity (Wildman–Crippen MR) is 93.1 cm³/mol. The molecule has 2 heterocycles. The van der Waals surface area contributed by atoms with Crippen LogP contribution in [0.15, 0.2) is 47.8 Å². The highest BCUT2D eigenvalue weighted by molar-refractivity contribution is 7.14. The van der Waals surface area contributed by atoms with E-state index in [9.17, 15) is 4.79 Å². The van der Waals surface area contributed by atoms with Crippen LogP contribution in [-0.2, 0) is 0 Å². The Hall–Kier alpha value is -2.57. The lowest BCUT2D eigenvalue weighted by molar-refractivity contribution is 0.102. The van der Waals surface area contributed by atoms with E-state index < -0.39 is 0 Å². The molecule has 5 nitrogen and oxygen atoms in total. The van der Waals surface area contributed by atoms with E-state index in [1.807, 2.05) is 23.6 Å². The van der Waals surface area contributed by atoms with E-state index in [1.165, 1.54) is 11.3 Å². The smallest absolute Gasteiger partial charge is 0.257 e. The zero-order valence-corrected chi connectivity index (χ0v) is 13.9. The van der Waals surface area contributed by atoms with E-state index in [0.717, 1.165) is 17.0 Å². The molecule has 1 aliphatic rings. The Morgan fingerprint density at radius 1 is 1.17 bits per heavy atom. The van der Waals surface area contributed by atoms with Gasteiger partial charge >= 0.3 is 0 Å². The third-order valence-electron chi connectivity index (χ3n) is 3.48. The van der Waals surface area contributed by atoms with Gasteiger partial charge in [0.1, 0.15) is 0 Å². The number of nitrogens with zero attached hydrogens (tertiary/aromatic N) is 1. The number of ether oxygens (including phenoxy) is 2. The van der Waals surface area contributed by atoms with Crippen molar-refractivity contribution in [2.75, 3.05) is 12.1 Å². The number of hydrogen-bond acceptors (Lipinski definition) is 5. The van der Waals surface area contributed by atoms with Crippen molar-refractivity contribution < 1.29 is 14.3 Å². The Morgan fingerprint density at radius 2 is 2.04 bits per heavy atom. The number of benzene rings is 2. The Bertz CT molecular complexity index is 926. The molecule has 2 aromatic carbocycles. The summed E-state index contributed by atoms with van der Waals surface area (Å²) in [4.78, 5) is 16.7. The van der Waals surface area contributed by atoms with Crippen LogP contribution in [0.25, 0.3) is 11.3 Å². The molecule has 24 heavy (non-hydrogen) atoms. The summed E-state index contributed by atoms with van der Waals surface area (Å²) in [5, 5.41) is 5.70. The summed E-state index contributed by atoms with van der Waals surface area (Å²) in [6.07, 6.45) is 0. The van der Waals surface area contributed by atoms with Crippen molar-refractivity contribution in [1.29, 1.82) is 0 Å². The summed E-state index contributed by atoms with van der Waals surface area (Å²) in [6, 6.07) is 12.4. The summed E-state index contributed by atoms with van der Waals surface area (Å²) in [7, 11) is 0. The minimum atomic E-state index is -0.246. The van der Waals surface area contributed by atoms with Crippen LogP contribution < -0.4 is 14.8 Å². The van der Waals surface area contributed by atoms with Gasteiger partial charge in [0.05, 0.1) is 5.69 Å². The van der Waals surface area contributed by atoms with Crippen LogP contribution in [0.5, 0.6) is 11.5 Å². The number of rotatable bonds is 3. The molecular weight excluding hydrogens is 348 g/mol. The Labute approximate surface area is 146 Å². The number of hydrogen-bond donors (Lipinski definition) is 1. The molecule has 4 rings (SSSR count). The fourth-order valence-electron chi connectivity index (χ4n) is 2.32. The SMILES string of the molecule is O=C(Nc1nc(-c2ccc3c(c2)OCO3)cs1)c1cccc(Cl)c1. The number of carbonyl (C=O) groups excluding carboxylic acids is 1. The van der Waals surface area contributed by atoms with Crippen LogP contribution in [-0.4, -0.2) is 17.7 Å². The third-order valence-corrected chi connectivity index (χ3v) is 4.47. The second-order valence-corrected chi connectivity index (χ2v) is 6.36. The lowest BCUT2D eigenvalue weighted by Crippen LogP contribution is -2.11. The van der Waals surface area contributed by atoms with E-state index in [1.54, 1.807) is 24.3 Å². The maximum absolute atomic E-state index is 12.2. The van der Waals surface area contributed by atoms with Crippen LogP contribution >= 0.6 is 22.9 Å². The van der Waals surface area contributed by atoms with Crippen LogP contribution in [0.2, 0.25) is 5.02 Å². The van der Waals surface area contributed by atoms with Gasteiger partial charge in [0, 0.05) is 21.5 Å². The van der Waals surface area contributed by atoms with Gasteiger partial charge in [-0.15, -0.1) is 11.3 Å². The molecule has 0 aliphatic carbocycles. The Balaban J connectivity index is 1.53. The molecule has 7 heteroatoms. The molecule has 1 amide bonds. The van der Waals surface area contributed by atoms with Crippen molar-refractivity contribution in [3.8, 4) is 22.8 Å². The summed E-state index contributed by atoms with van der Waals surface area (Å²) >= 11 is 7.26. The minimum absolute atomic E-state index is 0.233. The van der Waals surface area contributed by atoms with Gasteiger partial charge in [-0.25, -0.2) is 4.98 Å². The maximum atomic E-state index is 12.2. The van der Waals surface area contributed by atoms with Crippen molar-refractivity contribution in [2.45, 2.75) is 0 Å². The van der Waals surface area contributed by atoms with E-state index in [0.29, 0.717) is 21.5 Å². The topological polar surface area (TPSA) is 60.5 Å². The highest BCUT2D eigenvalue weighted by Crippen LogP contribution is 2.36. The number of amides is 1. The normalized spacial score (nSPS) is 12.2.